The van der Waals surface area contributed by atoms with Gasteiger partial charge in [0.05, 0.1) is 90.2 Å². The molecule has 0 saturated carbocycles. The molecule has 10 atom stereocenters. The van der Waals surface area contributed by atoms with E-state index < -0.39 is 40.8 Å². The molecule has 8 aromatic carbocycles. The fraction of sp³-hybridized carbons (Fsp3) is 0.443. The van der Waals surface area contributed by atoms with Crippen molar-refractivity contribution in [3.8, 4) is 69.6 Å². The smallest absolute Gasteiger partial charge is 0.261 e. The molecular weight excluding hydrogens is 1560 g/mol. The molecule has 16 rings (SSSR count). The minimum absolute atomic E-state index is 0.0287. The number of hydrogen-bond acceptors (Lipinski definition) is 22. The number of rotatable bonds is 30. The minimum Gasteiger partial charge on any atom is -0.493 e. The lowest BCUT2D eigenvalue weighted by Crippen LogP contribution is -2.70. The first-order valence-corrected chi connectivity index (χ1v) is 45.9. The number of nitrogens with zero attached hydrogens (tertiary/aromatic N) is 5. The maximum Gasteiger partial charge on any atom is 0.261 e. The van der Waals surface area contributed by atoms with Gasteiger partial charge < -0.3 is 80.5 Å². The highest BCUT2D eigenvalue weighted by Crippen LogP contribution is 2.62. The van der Waals surface area contributed by atoms with E-state index in [2.05, 4.69) is 227 Å². The molecule has 0 aliphatic carbocycles. The Labute approximate surface area is 715 Å². The second kappa shape index (κ2) is 36.4. The molecule has 0 amide bonds. The Hall–Kier alpha value is -9.75. The van der Waals surface area contributed by atoms with Crippen LogP contribution in [0, 0.1) is 50.4 Å². The Balaban J connectivity index is 0.000000188. The summed E-state index contributed by atoms with van der Waals surface area (Å²) in [7, 11) is 2.69. The number of hydrogen-bond donors (Lipinski definition) is 1. The Morgan fingerprint density at radius 3 is 1.29 bits per heavy atom. The third-order valence-corrected chi connectivity index (χ3v) is 35.9. The Morgan fingerprint density at radius 2 is 0.884 bits per heavy atom. The van der Waals surface area contributed by atoms with Crippen LogP contribution in [-0.2, 0) is 53.5 Å². The van der Waals surface area contributed by atoms with E-state index in [1.807, 2.05) is 27.7 Å². The topological polar surface area (TPSA) is 217 Å². The minimum atomic E-state index is -3.06. The van der Waals surface area contributed by atoms with Gasteiger partial charge in [-0.05, 0) is 114 Å². The van der Waals surface area contributed by atoms with Gasteiger partial charge in [-0.3, -0.25) is 14.7 Å². The van der Waals surface area contributed by atoms with Gasteiger partial charge in [-0.15, -0.1) is 0 Å². The lowest BCUT2D eigenvalue weighted by atomic mass is 9.71. The normalized spacial score (nSPS) is 21.7. The van der Waals surface area contributed by atoms with E-state index in [0.29, 0.717) is 118 Å². The third-order valence-electron chi connectivity index (χ3n) is 25.9. The number of nitrogens with one attached hydrogen (secondary N) is 1. The first-order valence-electron chi connectivity index (χ1n) is 42.1. The van der Waals surface area contributed by atoms with Crippen molar-refractivity contribution >= 4 is 37.4 Å². The number of methoxy groups -OCH3 is 4. The number of nitriles is 2. The lowest BCUT2D eigenvalue weighted by Gasteiger charge is -2.60. The summed E-state index contributed by atoms with van der Waals surface area (Å²) in [6, 6.07) is 49.7. The molecule has 121 heavy (non-hydrogen) atoms. The van der Waals surface area contributed by atoms with Crippen molar-refractivity contribution in [2.45, 2.75) is 165 Å². The van der Waals surface area contributed by atoms with Gasteiger partial charge in [0.15, 0.2) is 59.6 Å². The van der Waals surface area contributed by atoms with Crippen molar-refractivity contribution in [2.75, 3.05) is 116 Å². The van der Waals surface area contributed by atoms with Crippen LogP contribution in [-0.4, -0.2) is 183 Å². The molecule has 22 nitrogen and oxygen atoms in total. The molecule has 638 valence electrons. The average Bonchev–Trinajstić information content (AvgIpc) is 1.45. The van der Waals surface area contributed by atoms with E-state index in [9.17, 15) is 10.5 Å². The summed E-state index contributed by atoms with van der Waals surface area (Å²) in [6.07, 6.45) is 5.91. The van der Waals surface area contributed by atoms with E-state index >= 15 is 0 Å². The van der Waals surface area contributed by atoms with Crippen molar-refractivity contribution in [1.82, 2.24) is 20.0 Å². The van der Waals surface area contributed by atoms with Crippen LogP contribution in [0.2, 0.25) is 10.1 Å². The molecule has 0 aromatic heterocycles. The number of aryl methyl sites for hydroxylation is 2. The molecule has 4 bridgehead atoms. The fourth-order valence-corrected chi connectivity index (χ4v) is 30.1. The van der Waals surface area contributed by atoms with Crippen LogP contribution >= 0.6 is 0 Å². The van der Waals surface area contributed by atoms with Crippen LogP contribution < -0.4 is 73.4 Å². The molecule has 2 unspecified atom stereocenters. The molecule has 0 radical (unpaired) electrons. The molecule has 8 heterocycles. The van der Waals surface area contributed by atoms with Crippen LogP contribution in [0.25, 0.3) is 0 Å². The summed E-state index contributed by atoms with van der Waals surface area (Å²) in [6.45, 7) is 33.0. The summed E-state index contributed by atoms with van der Waals surface area (Å²) in [5.74, 6) is 6.88. The van der Waals surface area contributed by atoms with Crippen molar-refractivity contribution in [1.29, 1.82) is 10.5 Å². The maximum atomic E-state index is 11.5. The predicted molar refractivity (Wildman–Crippen MR) is 470 cm³/mol. The first kappa shape index (κ1) is 86.2. The van der Waals surface area contributed by atoms with Gasteiger partial charge in [-0.1, -0.05) is 200 Å². The van der Waals surface area contributed by atoms with E-state index in [-0.39, 0.29) is 80.1 Å². The number of piperazine rings is 2. The van der Waals surface area contributed by atoms with Crippen LogP contribution in [0.4, 0.5) is 0 Å². The maximum absolute atomic E-state index is 11.5. The second-order valence-corrected chi connectivity index (χ2v) is 43.1. The molecule has 1 N–H and O–H groups in total. The van der Waals surface area contributed by atoms with Gasteiger partial charge in [0.25, 0.3) is 16.6 Å². The molecule has 24 heteroatoms. The van der Waals surface area contributed by atoms with Gasteiger partial charge in [0.1, 0.15) is 36.8 Å². The average molecular weight is 1680 g/mol. The summed E-state index contributed by atoms with van der Waals surface area (Å²) in [5, 5.41) is 30.9. The predicted octanol–water partition coefficient (Wildman–Crippen LogP) is 13.6. The highest BCUT2D eigenvalue weighted by Gasteiger charge is 2.61. The Morgan fingerprint density at radius 1 is 0.479 bits per heavy atom. The molecule has 8 aromatic rings. The Kier molecular flexibility index (Phi) is 25.9. The zero-order valence-electron chi connectivity index (χ0n) is 72.6. The number of benzene rings is 8. The van der Waals surface area contributed by atoms with Gasteiger partial charge in [-0.2, -0.15) is 10.5 Å². The second-order valence-electron chi connectivity index (χ2n) is 34.5. The van der Waals surface area contributed by atoms with Crippen LogP contribution in [0.3, 0.4) is 0 Å². The lowest BCUT2D eigenvalue weighted by molar-refractivity contribution is -0.0823. The van der Waals surface area contributed by atoms with E-state index in [0.717, 1.165) is 78.3 Å². The molecule has 2 fully saturated rings. The number of likely N-dealkylation sites (N-methyl/N-ethyl adjacent to an activating group) is 1. The largest absolute Gasteiger partial charge is 0.493 e. The van der Waals surface area contributed by atoms with Gasteiger partial charge in [0.2, 0.25) is 13.6 Å². The summed E-state index contributed by atoms with van der Waals surface area (Å²) in [5.41, 5.74) is 12.0. The standard InChI is InChI=1S/C49H59N3O8Si.C48H57N3O8Si/c1-10-21-56-45-32(3)46-48(59-30-58-46)42-36(45)26-38-43-41-33(24-31(2)44(54-9)47(41)57-29-55-23-22-53-8)25-37(51(43)7)39(27-50)52(38)40(42)28-60-61(49(4,5)6,34-17-13-11-14-18-34)35-19-15-12-16-20-35;1-9-20-55-44-31(3)45-47(58-29-57-45)41-35(44)25-37-42-40-32(23-30(2)43(53-8)46(40)56-28-54-22-21-52-7)24-36(50-42)38(26-49)51(37)39(41)27-59-60(48(4,5)6,33-16-12-10-13-17-33)34-18-14-11-15-19-34/h10-20,24,37-40,43H,1,21-23,25-26,28-30H2,2-9H3;9-19,23,36-39,42,50H,1,20-22,24-25,27-29H2,2-8H3/t37-,38?,39-,40-,43-;36-,37?,38-,39-,42-/m00/s1. The van der Waals surface area contributed by atoms with Crippen molar-refractivity contribution in [3.63, 3.8) is 0 Å². The van der Waals surface area contributed by atoms with Gasteiger partial charge >= 0.3 is 0 Å². The highest BCUT2D eigenvalue weighted by atomic mass is 28.4. The zero-order chi connectivity index (χ0) is 85.2. The number of fused-ring (bicyclic) bond motifs is 18. The van der Waals surface area contributed by atoms with Gasteiger partial charge in [0, 0.05) is 82.9 Å². The van der Waals surface area contributed by atoms with Crippen molar-refractivity contribution in [3.05, 3.63) is 226 Å². The third kappa shape index (κ3) is 15.3. The Bertz CT molecular complexity index is 5070. The molecule has 2 saturated heterocycles. The number of ether oxygens (including phenoxy) is 14. The molecular formula is C97H116N6O16Si2. The molecule has 8 aliphatic heterocycles. The van der Waals surface area contributed by atoms with E-state index in [1.165, 1.54) is 20.7 Å². The summed E-state index contributed by atoms with van der Waals surface area (Å²) >= 11 is 0. The van der Waals surface area contributed by atoms with E-state index in [1.54, 1.807) is 40.6 Å². The van der Waals surface area contributed by atoms with Crippen LogP contribution in [0.5, 0.6) is 57.5 Å². The monoisotopic (exact) mass is 1680 g/mol. The zero-order valence-corrected chi connectivity index (χ0v) is 74.6. The fourth-order valence-electron chi connectivity index (χ4n) is 21.0. The highest BCUT2D eigenvalue weighted by molar-refractivity contribution is 7.00. The summed E-state index contributed by atoms with van der Waals surface area (Å²) in [4.78, 5) is 7.24. The SMILES string of the molecule is C=CCOc1c(C)c2c(c3c1CC1[C@@H]4N[C@@H](Cc5cc(C)c(OC)c(OCOCCOC)c54)[C@H](C#N)N1[C@H]3CO[Si](c1ccccc1)(c1ccccc1)C(C)(C)C)OCO2.C=CCOc1c(C)c2c(c3c1CC1[C@H]4c5c(cc(C)c(OC)c5OCOCCOC)C[C@@H]([C@H](C#N)N1[C@H]3CO[Si](c1ccccc1)(c1ccccc1)C(C)(C)C)N4C)OCO2. The van der Waals surface area contributed by atoms with Crippen LogP contribution in [0.1, 0.15) is 132 Å². The van der Waals surface area contributed by atoms with Crippen molar-refractivity contribution in [2.24, 2.45) is 0 Å². The quantitative estimate of drug-likeness (QED) is 0.0192. The molecule has 8 aliphatic rings. The molecule has 0 spiro atoms. The first-order chi connectivity index (χ1) is 58.6. The van der Waals surface area contributed by atoms with Crippen molar-refractivity contribution < 1.29 is 75.2 Å². The van der Waals surface area contributed by atoms with Gasteiger partial charge in [-0.25, -0.2) is 0 Å². The van der Waals surface area contributed by atoms with E-state index in [4.69, 9.17) is 75.2 Å². The van der Waals surface area contributed by atoms with Crippen LogP contribution in [0.15, 0.2) is 159 Å². The summed E-state index contributed by atoms with van der Waals surface area (Å²) < 4.78 is 102.